The molecule has 0 aliphatic heterocycles. The number of rotatable bonds is 1. The number of aryl methyl sites for hydroxylation is 1. The Balaban J connectivity index is 2.75. The van der Waals surface area contributed by atoms with E-state index in [-0.39, 0.29) is 0 Å². The van der Waals surface area contributed by atoms with Crippen molar-refractivity contribution in [2.75, 3.05) is 7.11 Å². The Labute approximate surface area is 80.7 Å². The van der Waals surface area contributed by atoms with Gasteiger partial charge in [0.25, 0.3) is 0 Å². The van der Waals surface area contributed by atoms with E-state index in [1.165, 1.54) is 0 Å². The Morgan fingerprint density at radius 1 is 1.46 bits per heavy atom. The molecule has 2 aromatic rings. The number of halogens is 1. The first-order valence-corrected chi connectivity index (χ1v) is 4.28. The van der Waals surface area contributed by atoms with Crippen LogP contribution in [0, 0.1) is 6.92 Å². The van der Waals surface area contributed by atoms with Gasteiger partial charge >= 0.3 is 0 Å². The second-order valence-electron chi connectivity index (χ2n) is 2.87. The minimum Gasteiger partial charge on any atom is -0.497 e. The number of benzene rings is 1. The van der Waals surface area contributed by atoms with Gasteiger partial charge in [-0.3, -0.25) is 0 Å². The molecule has 13 heavy (non-hydrogen) atoms. The highest BCUT2D eigenvalue weighted by atomic mass is 35.5. The fourth-order valence-electron chi connectivity index (χ4n) is 1.35. The maximum Gasteiger partial charge on any atom is 0.201 e. The van der Waals surface area contributed by atoms with Gasteiger partial charge in [0.2, 0.25) is 5.28 Å². The molecule has 0 amide bonds. The van der Waals surface area contributed by atoms with Crippen LogP contribution in [0.5, 0.6) is 5.75 Å². The molecule has 0 saturated heterocycles. The van der Waals surface area contributed by atoms with Crippen molar-refractivity contribution in [2.45, 2.75) is 6.92 Å². The smallest absolute Gasteiger partial charge is 0.201 e. The average Bonchev–Trinajstić information content (AvgIpc) is 2.46. The summed E-state index contributed by atoms with van der Waals surface area (Å²) in [5, 5.41) is 0.409. The van der Waals surface area contributed by atoms with Gasteiger partial charge in [-0.25, -0.2) is 4.98 Å². The van der Waals surface area contributed by atoms with Crippen molar-refractivity contribution in [1.29, 1.82) is 0 Å². The summed E-state index contributed by atoms with van der Waals surface area (Å²) in [5.74, 6) is 0.810. The van der Waals surface area contributed by atoms with Crippen molar-refractivity contribution in [3.05, 3.63) is 23.0 Å². The summed E-state index contributed by atoms with van der Waals surface area (Å²) < 4.78 is 5.12. The van der Waals surface area contributed by atoms with Crippen LogP contribution in [-0.4, -0.2) is 17.1 Å². The second-order valence-corrected chi connectivity index (χ2v) is 3.23. The summed E-state index contributed by atoms with van der Waals surface area (Å²) in [4.78, 5) is 7.09. The molecule has 4 heteroatoms. The molecule has 0 fully saturated rings. The molecule has 0 aliphatic rings. The molecule has 0 aliphatic carbocycles. The molecule has 1 N–H and O–H groups in total. The van der Waals surface area contributed by atoms with E-state index in [0.29, 0.717) is 5.28 Å². The topological polar surface area (TPSA) is 37.9 Å². The number of nitrogens with zero attached hydrogens (tertiary/aromatic N) is 1. The lowest BCUT2D eigenvalue weighted by atomic mass is 10.2. The minimum atomic E-state index is 0.409. The number of hydrogen-bond donors (Lipinski definition) is 1. The number of aromatic nitrogens is 2. The lowest BCUT2D eigenvalue weighted by molar-refractivity contribution is 0.415. The van der Waals surface area contributed by atoms with Gasteiger partial charge in [-0.05, 0) is 30.2 Å². The highest BCUT2D eigenvalue weighted by molar-refractivity contribution is 6.29. The first-order chi connectivity index (χ1) is 6.20. The number of fused-ring (bicyclic) bond motifs is 1. The Morgan fingerprint density at radius 3 is 2.92 bits per heavy atom. The molecule has 0 radical (unpaired) electrons. The predicted octanol–water partition coefficient (Wildman–Crippen LogP) is 2.53. The van der Waals surface area contributed by atoms with Crippen LogP contribution in [0.25, 0.3) is 11.0 Å². The van der Waals surface area contributed by atoms with E-state index in [0.717, 1.165) is 22.3 Å². The van der Waals surface area contributed by atoms with Crippen molar-refractivity contribution in [2.24, 2.45) is 0 Å². The van der Waals surface area contributed by atoms with E-state index < -0.39 is 0 Å². The van der Waals surface area contributed by atoms with E-state index in [2.05, 4.69) is 9.97 Å². The number of nitrogens with one attached hydrogen (secondary N) is 1. The second kappa shape index (κ2) is 2.92. The molecule has 0 atom stereocenters. The van der Waals surface area contributed by atoms with Crippen LogP contribution in [-0.2, 0) is 0 Å². The predicted molar refractivity (Wildman–Crippen MR) is 52.4 cm³/mol. The number of imidazole rings is 1. The van der Waals surface area contributed by atoms with E-state index in [1.54, 1.807) is 7.11 Å². The largest absolute Gasteiger partial charge is 0.497 e. The van der Waals surface area contributed by atoms with Gasteiger partial charge in [0.15, 0.2) is 0 Å². The Morgan fingerprint density at radius 2 is 2.23 bits per heavy atom. The summed E-state index contributed by atoms with van der Waals surface area (Å²) in [5.41, 5.74) is 2.85. The Hall–Kier alpha value is -1.22. The zero-order chi connectivity index (χ0) is 9.42. The lowest BCUT2D eigenvalue weighted by Crippen LogP contribution is -1.84. The lowest BCUT2D eigenvalue weighted by Gasteiger charge is -2.00. The van der Waals surface area contributed by atoms with Gasteiger partial charge in [0.05, 0.1) is 18.1 Å². The third kappa shape index (κ3) is 1.35. The highest BCUT2D eigenvalue weighted by Gasteiger charge is 2.05. The average molecular weight is 197 g/mol. The van der Waals surface area contributed by atoms with Crippen LogP contribution in [0.1, 0.15) is 5.56 Å². The number of aromatic amines is 1. The maximum atomic E-state index is 5.74. The molecule has 68 valence electrons. The fraction of sp³-hybridized carbons (Fsp3) is 0.222. The number of methoxy groups -OCH3 is 1. The monoisotopic (exact) mass is 196 g/mol. The third-order valence-electron chi connectivity index (χ3n) is 1.96. The molecule has 0 saturated carbocycles. The van der Waals surface area contributed by atoms with Crippen LogP contribution in [0.2, 0.25) is 5.28 Å². The molecule has 2 rings (SSSR count). The molecule has 3 nitrogen and oxygen atoms in total. The molecule has 1 heterocycles. The molecule has 0 spiro atoms. The normalized spacial score (nSPS) is 10.7. The molecular formula is C9H9ClN2O. The van der Waals surface area contributed by atoms with Crippen molar-refractivity contribution >= 4 is 22.6 Å². The summed E-state index contributed by atoms with van der Waals surface area (Å²) in [6.07, 6.45) is 0. The molecular weight excluding hydrogens is 188 g/mol. The van der Waals surface area contributed by atoms with Gasteiger partial charge in [-0.2, -0.15) is 0 Å². The van der Waals surface area contributed by atoms with E-state index in [1.807, 2.05) is 19.1 Å². The van der Waals surface area contributed by atoms with Gasteiger partial charge in [0.1, 0.15) is 5.75 Å². The van der Waals surface area contributed by atoms with Gasteiger partial charge in [-0.15, -0.1) is 0 Å². The third-order valence-corrected chi connectivity index (χ3v) is 2.14. The summed E-state index contributed by atoms with van der Waals surface area (Å²) in [6.45, 7) is 1.97. The zero-order valence-electron chi connectivity index (χ0n) is 7.39. The summed E-state index contributed by atoms with van der Waals surface area (Å²) >= 11 is 5.74. The summed E-state index contributed by atoms with van der Waals surface area (Å²) in [7, 11) is 1.64. The molecule has 0 unspecified atom stereocenters. The number of H-pyrrole nitrogens is 1. The maximum absolute atomic E-state index is 5.74. The van der Waals surface area contributed by atoms with Crippen LogP contribution in [0.3, 0.4) is 0 Å². The van der Waals surface area contributed by atoms with E-state index in [4.69, 9.17) is 16.3 Å². The molecule has 1 aromatic carbocycles. The van der Waals surface area contributed by atoms with Gasteiger partial charge in [0, 0.05) is 6.07 Å². The SMILES string of the molecule is COc1cc(C)c2nc(Cl)[nH]c2c1. The Bertz CT molecular complexity index is 450. The van der Waals surface area contributed by atoms with Crippen molar-refractivity contribution in [3.63, 3.8) is 0 Å². The van der Waals surface area contributed by atoms with Crippen LogP contribution >= 0.6 is 11.6 Å². The van der Waals surface area contributed by atoms with Crippen molar-refractivity contribution in [3.8, 4) is 5.75 Å². The van der Waals surface area contributed by atoms with Crippen LogP contribution in [0.15, 0.2) is 12.1 Å². The zero-order valence-corrected chi connectivity index (χ0v) is 8.14. The minimum absolute atomic E-state index is 0.409. The van der Waals surface area contributed by atoms with E-state index >= 15 is 0 Å². The molecule has 1 aromatic heterocycles. The first-order valence-electron chi connectivity index (χ1n) is 3.90. The fourth-order valence-corrected chi connectivity index (χ4v) is 1.53. The van der Waals surface area contributed by atoms with Gasteiger partial charge in [-0.1, -0.05) is 0 Å². The van der Waals surface area contributed by atoms with E-state index in [9.17, 15) is 0 Å². The summed E-state index contributed by atoms with van der Waals surface area (Å²) in [6, 6.07) is 3.81. The highest BCUT2D eigenvalue weighted by Crippen LogP contribution is 2.24. The number of ether oxygens (including phenoxy) is 1. The van der Waals surface area contributed by atoms with Gasteiger partial charge < -0.3 is 9.72 Å². The van der Waals surface area contributed by atoms with Crippen LogP contribution < -0.4 is 4.74 Å². The number of hydrogen-bond acceptors (Lipinski definition) is 2. The van der Waals surface area contributed by atoms with Crippen molar-refractivity contribution < 1.29 is 4.74 Å². The Kier molecular flexibility index (Phi) is 1.88. The first kappa shape index (κ1) is 8.38. The molecule has 0 bridgehead atoms. The van der Waals surface area contributed by atoms with Crippen LogP contribution in [0.4, 0.5) is 0 Å². The van der Waals surface area contributed by atoms with Crippen molar-refractivity contribution in [1.82, 2.24) is 9.97 Å². The standard InChI is InChI=1S/C9H9ClN2O/c1-5-3-6(13-2)4-7-8(5)12-9(10)11-7/h3-4H,1-2H3,(H,11,12). The quantitative estimate of drug-likeness (QED) is 0.761.